The Hall–Kier alpha value is -2.78. The van der Waals surface area contributed by atoms with E-state index in [0.717, 1.165) is 27.2 Å². The summed E-state index contributed by atoms with van der Waals surface area (Å²) in [4.78, 5) is 24.3. The molecule has 7 nitrogen and oxygen atoms in total. The number of hydrogen-bond acceptors (Lipinski definition) is 5. The molecule has 1 aliphatic rings. The molecular weight excluding hydrogens is 412 g/mol. The van der Waals surface area contributed by atoms with Gasteiger partial charge in [0, 0.05) is 18.2 Å². The minimum Gasteiger partial charge on any atom is -0.480 e. The number of aromatic nitrogens is 1. The van der Waals surface area contributed by atoms with Crippen molar-refractivity contribution < 1.29 is 18.3 Å². The van der Waals surface area contributed by atoms with Crippen LogP contribution in [0.25, 0.3) is 10.8 Å². The summed E-state index contributed by atoms with van der Waals surface area (Å²) in [6.45, 7) is 0. The number of rotatable bonds is 5. The van der Waals surface area contributed by atoms with E-state index in [0.29, 0.717) is 17.0 Å². The van der Waals surface area contributed by atoms with Gasteiger partial charge in [-0.25, -0.2) is 13.2 Å². The number of carbonyl (C=O) groups is 1. The van der Waals surface area contributed by atoms with Crippen LogP contribution in [-0.2, 0) is 21.2 Å². The highest BCUT2D eigenvalue weighted by atomic mass is 32.2. The normalized spacial score (nSPS) is 16.0. The van der Waals surface area contributed by atoms with Gasteiger partial charge < -0.3 is 5.11 Å². The van der Waals surface area contributed by atoms with Crippen molar-refractivity contribution in [1.82, 2.24) is 4.57 Å². The molecule has 0 aliphatic carbocycles. The van der Waals surface area contributed by atoms with Crippen molar-refractivity contribution in [3.05, 3.63) is 70.0 Å². The summed E-state index contributed by atoms with van der Waals surface area (Å²) in [5, 5.41) is 11.8. The van der Waals surface area contributed by atoms with E-state index in [-0.39, 0.29) is 11.4 Å². The lowest BCUT2D eigenvalue weighted by Crippen LogP contribution is -2.29. The number of nitrogens with one attached hydrogen (secondary N) is 1. The molecule has 2 heterocycles. The molecule has 0 saturated carbocycles. The van der Waals surface area contributed by atoms with Gasteiger partial charge in [0.15, 0.2) is 0 Å². The lowest BCUT2D eigenvalue weighted by atomic mass is 9.98. The first-order valence-corrected chi connectivity index (χ1v) is 11.7. The molecule has 1 aromatic heterocycles. The molecule has 9 heteroatoms. The number of hydrogen-bond donors (Lipinski definition) is 2. The predicted octanol–water partition coefficient (Wildman–Crippen LogP) is 2.70. The molecule has 150 valence electrons. The molecule has 0 amide bonds. The number of fused-ring (bicyclic) bond motifs is 2. The first kappa shape index (κ1) is 19.5. The van der Waals surface area contributed by atoms with Crippen LogP contribution < -0.4 is 10.3 Å². The molecule has 1 atom stereocenters. The zero-order valence-corrected chi connectivity index (χ0v) is 17.1. The van der Waals surface area contributed by atoms with Crippen molar-refractivity contribution >= 4 is 44.2 Å². The van der Waals surface area contributed by atoms with Gasteiger partial charge in [0.1, 0.15) is 11.1 Å². The van der Waals surface area contributed by atoms with Gasteiger partial charge in [0.2, 0.25) is 10.0 Å². The van der Waals surface area contributed by atoms with E-state index in [1.165, 1.54) is 17.8 Å². The molecule has 2 aromatic carbocycles. The Bertz CT molecular complexity index is 1290. The lowest BCUT2D eigenvalue weighted by molar-refractivity contribution is -0.140. The Morgan fingerprint density at radius 3 is 2.66 bits per heavy atom. The van der Waals surface area contributed by atoms with Crippen molar-refractivity contribution in [3.8, 4) is 0 Å². The van der Waals surface area contributed by atoms with Crippen LogP contribution in [0.2, 0.25) is 0 Å². The van der Waals surface area contributed by atoms with Crippen LogP contribution in [0.15, 0.2) is 58.4 Å². The molecule has 3 aromatic rings. The molecule has 1 aliphatic heterocycles. The summed E-state index contributed by atoms with van der Waals surface area (Å²) in [6, 6.07) is 14.0. The first-order chi connectivity index (χ1) is 13.7. The molecule has 4 rings (SSSR count). The topological polar surface area (TPSA) is 105 Å². The van der Waals surface area contributed by atoms with Crippen LogP contribution in [-0.4, -0.2) is 36.1 Å². The third kappa shape index (κ3) is 3.75. The largest absolute Gasteiger partial charge is 0.480 e. The van der Waals surface area contributed by atoms with E-state index in [1.807, 2.05) is 42.5 Å². The molecule has 0 radical (unpaired) electrons. The average molecular weight is 431 g/mol. The molecule has 0 saturated heterocycles. The average Bonchev–Trinajstić information content (AvgIpc) is 3.10. The maximum Gasteiger partial charge on any atom is 0.327 e. The van der Waals surface area contributed by atoms with Gasteiger partial charge in [-0.15, -0.1) is 11.8 Å². The van der Waals surface area contributed by atoms with E-state index in [4.69, 9.17) is 0 Å². The molecule has 0 bridgehead atoms. The zero-order valence-electron chi connectivity index (χ0n) is 15.5. The number of thioether (sulfide) groups is 1. The number of nitrogens with zero attached hydrogens (tertiary/aromatic N) is 1. The molecule has 2 N–H and O–H groups in total. The maximum atomic E-state index is 12.7. The van der Waals surface area contributed by atoms with Gasteiger partial charge in [-0.2, -0.15) is 0 Å². The predicted molar refractivity (Wildman–Crippen MR) is 113 cm³/mol. The van der Waals surface area contributed by atoms with E-state index < -0.39 is 27.6 Å². The Morgan fingerprint density at radius 2 is 1.93 bits per heavy atom. The third-order valence-electron chi connectivity index (χ3n) is 4.81. The second kappa shape index (κ2) is 7.23. The summed E-state index contributed by atoms with van der Waals surface area (Å²) in [5.74, 6) is -0.953. The van der Waals surface area contributed by atoms with E-state index >= 15 is 0 Å². The summed E-state index contributed by atoms with van der Waals surface area (Å²) >= 11 is 1.17. The molecule has 29 heavy (non-hydrogen) atoms. The highest BCUT2D eigenvalue weighted by Gasteiger charge is 2.33. The summed E-state index contributed by atoms with van der Waals surface area (Å²) in [5.41, 5.74) is 1.28. The molecule has 0 fully saturated rings. The van der Waals surface area contributed by atoms with Gasteiger partial charge in [-0.05, 0) is 21.9 Å². The Kier molecular flexibility index (Phi) is 4.87. The Morgan fingerprint density at radius 1 is 1.21 bits per heavy atom. The van der Waals surface area contributed by atoms with Crippen LogP contribution in [0.4, 0.5) is 5.69 Å². The molecule has 0 unspecified atom stereocenters. The number of carboxylic acid groups (broad SMARTS) is 1. The fraction of sp³-hybridized carbons (Fsp3) is 0.200. The van der Waals surface area contributed by atoms with Crippen molar-refractivity contribution in [1.29, 1.82) is 0 Å². The standard InChI is InChI=1S/C20H18N2O5S2/c1-29(26,27)21-18-14(9-13-7-4-6-12-5-2-3-8-15(12)13)10-17(23)22-16(20(24)25)11-28-19(18)22/h2-8,10,16,21H,9,11H2,1H3,(H,24,25)/t16-/m0/s1. The smallest absolute Gasteiger partial charge is 0.327 e. The van der Waals surface area contributed by atoms with Crippen LogP contribution in [0.3, 0.4) is 0 Å². The number of pyridine rings is 1. The fourth-order valence-electron chi connectivity index (χ4n) is 3.59. The number of sulfonamides is 1. The van der Waals surface area contributed by atoms with Crippen molar-refractivity contribution in [2.45, 2.75) is 17.5 Å². The van der Waals surface area contributed by atoms with Crippen molar-refractivity contribution in [3.63, 3.8) is 0 Å². The summed E-state index contributed by atoms with van der Waals surface area (Å²) in [7, 11) is -3.63. The third-order valence-corrected chi connectivity index (χ3v) is 6.54. The zero-order chi connectivity index (χ0) is 20.8. The van der Waals surface area contributed by atoms with Gasteiger partial charge in [-0.3, -0.25) is 14.1 Å². The quantitative estimate of drug-likeness (QED) is 0.645. The Labute approximate surface area is 171 Å². The summed E-state index contributed by atoms with van der Waals surface area (Å²) in [6.07, 6.45) is 1.37. The highest BCUT2D eigenvalue weighted by molar-refractivity contribution is 7.99. The fourth-order valence-corrected chi connectivity index (χ4v) is 5.54. The van der Waals surface area contributed by atoms with Crippen LogP contribution in [0, 0.1) is 0 Å². The Balaban J connectivity index is 1.90. The second-order valence-electron chi connectivity index (χ2n) is 6.91. The van der Waals surface area contributed by atoms with E-state index in [9.17, 15) is 23.1 Å². The van der Waals surface area contributed by atoms with Gasteiger partial charge in [-0.1, -0.05) is 42.5 Å². The minimum absolute atomic E-state index is 0.167. The highest BCUT2D eigenvalue weighted by Crippen LogP contribution is 2.40. The lowest BCUT2D eigenvalue weighted by Gasteiger charge is -2.17. The number of benzene rings is 2. The SMILES string of the molecule is CS(=O)(=O)Nc1c(Cc2cccc3ccccc23)cc(=O)n2c1SC[C@H]2C(=O)O. The van der Waals surface area contributed by atoms with Gasteiger partial charge in [0.25, 0.3) is 5.56 Å². The van der Waals surface area contributed by atoms with Crippen LogP contribution in [0.5, 0.6) is 0 Å². The maximum absolute atomic E-state index is 12.7. The van der Waals surface area contributed by atoms with Crippen molar-refractivity contribution in [2.24, 2.45) is 0 Å². The van der Waals surface area contributed by atoms with Gasteiger partial charge >= 0.3 is 5.97 Å². The summed E-state index contributed by atoms with van der Waals surface area (Å²) < 4.78 is 27.7. The number of carboxylic acids is 1. The molecular formula is C20H18N2O5S2. The second-order valence-corrected chi connectivity index (χ2v) is 9.67. The molecule has 0 spiro atoms. The van der Waals surface area contributed by atoms with Crippen molar-refractivity contribution in [2.75, 3.05) is 16.7 Å². The van der Waals surface area contributed by atoms with Gasteiger partial charge in [0.05, 0.1) is 11.9 Å². The monoisotopic (exact) mass is 430 g/mol. The number of anilines is 1. The van der Waals surface area contributed by atoms with Crippen LogP contribution in [0.1, 0.15) is 17.2 Å². The van der Waals surface area contributed by atoms with E-state index in [2.05, 4.69) is 4.72 Å². The number of aliphatic carboxylic acids is 1. The van der Waals surface area contributed by atoms with Crippen LogP contribution >= 0.6 is 11.8 Å². The van der Waals surface area contributed by atoms with E-state index in [1.54, 1.807) is 0 Å². The first-order valence-electron chi connectivity index (χ1n) is 8.83. The minimum atomic E-state index is -3.63.